The molecule has 8 nitrogen and oxygen atoms in total. The van der Waals surface area contributed by atoms with Crippen molar-refractivity contribution in [3.63, 3.8) is 0 Å². The zero-order valence-corrected chi connectivity index (χ0v) is 15.8. The van der Waals surface area contributed by atoms with Gasteiger partial charge in [0, 0.05) is 19.3 Å². The highest BCUT2D eigenvalue weighted by atomic mass is 32.2. The Labute approximate surface area is 163 Å². The van der Waals surface area contributed by atoms with Crippen molar-refractivity contribution in [2.24, 2.45) is 0 Å². The highest BCUT2D eigenvalue weighted by Crippen LogP contribution is 2.33. The van der Waals surface area contributed by atoms with E-state index in [1.165, 1.54) is 24.0 Å². The molecule has 1 aliphatic rings. The van der Waals surface area contributed by atoms with Crippen LogP contribution in [0.25, 0.3) is 0 Å². The van der Waals surface area contributed by atoms with Crippen molar-refractivity contribution in [1.82, 2.24) is 30.5 Å². The summed E-state index contributed by atoms with van der Waals surface area (Å²) in [5.74, 6) is -0.371. The molecular formula is C16H20F3N7OS. The van der Waals surface area contributed by atoms with E-state index in [0.29, 0.717) is 5.16 Å². The zero-order chi connectivity index (χ0) is 20.0. The van der Waals surface area contributed by atoms with Gasteiger partial charge < -0.3 is 10.6 Å². The number of aromatic nitrogens is 5. The number of rotatable bonds is 8. The van der Waals surface area contributed by atoms with E-state index < -0.39 is 11.7 Å². The Hall–Kier alpha value is -2.37. The number of pyridine rings is 1. The first-order chi connectivity index (χ1) is 13.4. The lowest BCUT2D eigenvalue weighted by Crippen LogP contribution is -2.30. The van der Waals surface area contributed by atoms with Crippen LogP contribution in [0.3, 0.4) is 0 Å². The van der Waals surface area contributed by atoms with Gasteiger partial charge >= 0.3 is 6.18 Å². The number of tetrazole rings is 1. The van der Waals surface area contributed by atoms with E-state index in [1.54, 1.807) is 4.68 Å². The van der Waals surface area contributed by atoms with E-state index in [-0.39, 0.29) is 36.6 Å². The molecule has 0 aromatic carbocycles. The highest BCUT2D eigenvalue weighted by Gasteiger charge is 2.33. The van der Waals surface area contributed by atoms with Gasteiger partial charge in [-0.2, -0.15) is 13.2 Å². The Bertz CT molecular complexity index is 793. The van der Waals surface area contributed by atoms with Crippen LogP contribution in [0.2, 0.25) is 0 Å². The van der Waals surface area contributed by atoms with Crippen molar-refractivity contribution in [2.45, 2.75) is 43.1 Å². The Morgan fingerprint density at radius 3 is 2.82 bits per heavy atom. The molecule has 2 aromatic heterocycles. The van der Waals surface area contributed by atoms with Crippen LogP contribution in [0.15, 0.2) is 23.5 Å². The van der Waals surface area contributed by atoms with Gasteiger partial charge in [0.05, 0.1) is 17.4 Å². The lowest BCUT2D eigenvalue weighted by Gasteiger charge is -2.13. The molecule has 0 bridgehead atoms. The minimum absolute atomic E-state index is 0.121. The first kappa shape index (κ1) is 20.4. The van der Waals surface area contributed by atoms with Gasteiger partial charge in [0.25, 0.3) is 0 Å². The van der Waals surface area contributed by atoms with Crippen molar-refractivity contribution < 1.29 is 18.0 Å². The van der Waals surface area contributed by atoms with E-state index in [2.05, 4.69) is 31.1 Å². The molecular weight excluding hydrogens is 395 g/mol. The summed E-state index contributed by atoms with van der Waals surface area (Å²) >= 11 is 1.24. The predicted molar refractivity (Wildman–Crippen MR) is 96.8 cm³/mol. The average Bonchev–Trinajstić information content (AvgIpc) is 3.34. The van der Waals surface area contributed by atoms with E-state index in [0.717, 1.165) is 31.7 Å². The Kier molecular flexibility index (Phi) is 6.70. The molecule has 1 fully saturated rings. The first-order valence-electron chi connectivity index (χ1n) is 8.88. The van der Waals surface area contributed by atoms with Crippen LogP contribution >= 0.6 is 11.8 Å². The van der Waals surface area contributed by atoms with Gasteiger partial charge in [-0.3, -0.25) is 4.79 Å². The summed E-state index contributed by atoms with van der Waals surface area (Å²) in [6, 6.07) is 2.47. The number of carbonyl (C=O) groups is 1. The minimum Gasteiger partial charge on any atom is -0.368 e. The molecule has 1 saturated carbocycles. The topological polar surface area (TPSA) is 97.6 Å². The SMILES string of the molecule is O=C(CSc1nnnn1C1CCCC1)NCCNc1ncccc1C(F)(F)F. The van der Waals surface area contributed by atoms with E-state index in [1.807, 2.05) is 0 Å². The van der Waals surface area contributed by atoms with Crippen LogP contribution in [0, 0.1) is 0 Å². The molecule has 28 heavy (non-hydrogen) atoms. The number of thioether (sulfide) groups is 1. The number of anilines is 1. The fraction of sp³-hybridized carbons (Fsp3) is 0.562. The summed E-state index contributed by atoms with van der Waals surface area (Å²) in [4.78, 5) is 15.7. The third-order valence-electron chi connectivity index (χ3n) is 4.32. The van der Waals surface area contributed by atoms with E-state index >= 15 is 0 Å². The van der Waals surface area contributed by atoms with Crippen LogP contribution in [0.5, 0.6) is 0 Å². The second-order valence-corrected chi connectivity index (χ2v) is 7.25. The number of amides is 1. The quantitative estimate of drug-likeness (QED) is 0.505. The van der Waals surface area contributed by atoms with Crippen molar-refractivity contribution in [2.75, 3.05) is 24.2 Å². The molecule has 0 aliphatic heterocycles. The monoisotopic (exact) mass is 415 g/mol. The molecule has 0 spiro atoms. The summed E-state index contributed by atoms with van der Waals surface area (Å²) in [5, 5.41) is 17.5. The first-order valence-corrected chi connectivity index (χ1v) is 9.87. The number of hydrogen-bond donors (Lipinski definition) is 2. The molecule has 2 heterocycles. The second-order valence-electron chi connectivity index (χ2n) is 6.31. The Morgan fingerprint density at radius 2 is 2.07 bits per heavy atom. The molecule has 0 unspecified atom stereocenters. The van der Waals surface area contributed by atoms with Gasteiger partial charge in [-0.05, 0) is 35.4 Å². The normalized spacial score (nSPS) is 15.0. The summed E-state index contributed by atoms with van der Waals surface area (Å²) in [6.45, 7) is 0.289. The lowest BCUT2D eigenvalue weighted by atomic mass is 10.2. The molecule has 152 valence electrons. The minimum atomic E-state index is -4.49. The summed E-state index contributed by atoms with van der Waals surface area (Å²) in [7, 11) is 0. The van der Waals surface area contributed by atoms with Crippen molar-refractivity contribution >= 4 is 23.5 Å². The maximum absolute atomic E-state index is 12.9. The second kappa shape index (κ2) is 9.22. The van der Waals surface area contributed by atoms with Gasteiger partial charge in [-0.1, -0.05) is 24.6 Å². The van der Waals surface area contributed by atoms with E-state index in [4.69, 9.17) is 0 Å². The van der Waals surface area contributed by atoms with Crippen LogP contribution in [-0.2, 0) is 11.0 Å². The van der Waals surface area contributed by atoms with Crippen LogP contribution in [0.4, 0.5) is 19.0 Å². The summed E-state index contributed by atoms with van der Waals surface area (Å²) < 4.78 is 40.5. The van der Waals surface area contributed by atoms with Crippen molar-refractivity contribution in [1.29, 1.82) is 0 Å². The third-order valence-corrected chi connectivity index (χ3v) is 5.25. The molecule has 3 rings (SSSR count). The van der Waals surface area contributed by atoms with Crippen molar-refractivity contribution in [3.8, 4) is 0 Å². The Morgan fingerprint density at radius 1 is 1.29 bits per heavy atom. The Balaban J connectivity index is 1.41. The molecule has 2 aromatic rings. The molecule has 2 N–H and O–H groups in total. The van der Waals surface area contributed by atoms with Gasteiger partial charge in [0.2, 0.25) is 11.1 Å². The standard InChI is InChI=1S/C16H20F3N7OS/c17-16(18,19)12-6-3-7-21-14(12)22-9-8-20-13(27)10-28-15-23-24-25-26(15)11-4-1-2-5-11/h3,6-7,11H,1-2,4-5,8-10H2,(H,20,27)(H,21,22). The average molecular weight is 415 g/mol. The maximum Gasteiger partial charge on any atom is 0.419 e. The number of hydrogen-bond acceptors (Lipinski definition) is 7. The molecule has 0 saturated heterocycles. The fourth-order valence-electron chi connectivity index (χ4n) is 3.00. The smallest absolute Gasteiger partial charge is 0.368 e. The van der Waals surface area contributed by atoms with Crippen LogP contribution in [0.1, 0.15) is 37.3 Å². The molecule has 1 amide bonds. The maximum atomic E-state index is 12.9. The number of nitrogens with one attached hydrogen (secondary N) is 2. The van der Waals surface area contributed by atoms with Crippen molar-refractivity contribution in [3.05, 3.63) is 23.9 Å². The fourth-order valence-corrected chi connectivity index (χ4v) is 3.77. The largest absolute Gasteiger partial charge is 0.419 e. The third kappa shape index (κ3) is 5.33. The molecule has 1 aliphatic carbocycles. The molecule has 0 radical (unpaired) electrons. The van der Waals surface area contributed by atoms with E-state index in [9.17, 15) is 18.0 Å². The number of alkyl halides is 3. The van der Waals surface area contributed by atoms with Gasteiger partial charge in [0.15, 0.2) is 0 Å². The summed E-state index contributed by atoms with van der Waals surface area (Å²) in [5.41, 5.74) is -0.837. The van der Waals surface area contributed by atoms with Gasteiger partial charge in [-0.15, -0.1) is 5.10 Å². The number of nitrogens with zero attached hydrogens (tertiary/aromatic N) is 5. The zero-order valence-electron chi connectivity index (χ0n) is 14.9. The number of carbonyl (C=O) groups excluding carboxylic acids is 1. The number of halogens is 3. The summed E-state index contributed by atoms with van der Waals surface area (Å²) in [6.07, 6.45) is 1.15. The van der Waals surface area contributed by atoms with Crippen LogP contribution < -0.4 is 10.6 Å². The van der Waals surface area contributed by atoms with Gasteiger partial charge in [0.1, 0.15) is 5.82 Å². The highest BCUT2D eigenvalue weighted by molar-refractivity contribution is 7.99. The lowest BCUT2D eigenvalue weighted by molar-refractivity contribution is -0.137. The molecule has 12 heteroatoms. The van der Waals surface area contributed by atoms with Gasteiger partial charge in [-0.25, -0.2) is 9.67 Å². The van der Waals surface area contributed by atoms with Crippen LogP contribution in [-0.4, -0.2) is 49.9 Å². The molecule has 0 atom stereocenters. The predicted octanol–water partition coefficient (Wildman–Crippen LogP) is 2.52.